The Morgan fingerprint density at radius 1 is 1.12 bits per heavy atom. The minimum absolute atomic E-state index is 0.172. The van der Waals surface area contributed by atoms with E-state index in [1.54, 1.807) is 26.1 Å². The zero-order valence-electron chi connectivity index (χ0n) is 14.5. The maximum Gasteiger partial charge on any atom is 0.260 e. The molecule has 0 aromatic heterocycles. The third-order valence-corrected chi connectivity index (χ3v) is 5.53. The van der Waals surface area contributed by atoms with Crippen LogP contribution >= 0.6 is 0 Å². The quantitative estimate of drug-likeness (QED) is 0.818. The van der Waals surface area contributed by atoms with Gasteiger partial charge in [0.1, 0.15) is 5.75 Å². The molecule has 0 bridgehead atoms. The number of nitrogens with zero attached hydrogens (tertiary/aromatic N) is 1. The summed E-state index contributed by atoms with van der Waals surface area (Å²) in [6.07, 6.45) is -0.659. The van der Waals surface area contributed by atoms with Crippen LogP contribution in [0.1, 0.15) is 12.5 Å². The predicted molar refractivity (Wildman–Crippen MR) is 95.7 cm³/mol. The van der Waals surface area contributed by atoms with Crippen molar-refractivity contribution in [1.82, 2.24) is 9.62 Å². The number of carbonyl (C=O) groups is 1. The Kier molecular flexibility index (Phi) is 6.17. The van der Waals surface area contributed by atoms with Gasteiger partial charge in [-0.05, 0) is 36.8 Å². The zero-order chi connectivity index (χ0) is 18.4. The second-order valence-corrected chi connectivity index (χ2v) is 7.64. The van der Waals surface area contributed by atoms with Crippen molar-refractivity contribution in [2.75, 3.05) is 14.1 Å². The van der Waals surface area contributed by atoms with Gasteiger partial charge < -0.3 is 10.1 Å². The highest BCUT2D eigenvalue weighted by Gasteiger charge is 2.21. The van der Waals surface area contributed by atoms with Crippen molar-refractivity contribution in [3.8, 4) is 5.75 Å². The van der Waals surface area contributed by atoms with E-state index in [0.717, 1.165) is 5.56 Å². The van der Waals surface area contributed by atoms with E-state index in [1.807, 2.05) is 30.3 Å². The van der Waals surface area contributed by atoms with Crippen LogP contribution in [0.3, 0.4) is 0 Å². The molecule has 7 heteroatoms. The summed E-state index contributed by atoms with van der Waals surface area (Å²) in [4.78, 5) is 11.6. The number of ether oxygens (including phenoxy) is 1. The van der Waals surface area contributed by atoms with Gasteiger partial charge in [0.05, 0.1) is 4.90 Å². The van der Waals surface area contributed by atoms with Gasteiger partial charge in [0.15, 0.2) is 6.10 Å². The van der Waals surface area contributed by atoms with Crippen molar-refractivity contribution >= 4 is 15.9 Å². The van der Waals surface area contributed by atoms with Crippen LogP contribution in [0, 0.1) is 0 Å². The molecule has 0 saturated heterocycles. The molecule has 134 valence electrons. The minimum Gasteiger partial charge on any atom is -0.481 e. The molecule has 2 rings (SSSR count). The fourth-order valence-corrected chi connectivity index (χ4v) is 3.42. The second-order valence-electron chi connectivity index (χ2n) is 5.59. The highest BCUT2D eigenvalue weighted by Crippen LogP contribution is 2.21. The Hall–Kier alpha value is -2.38. The Bertz CT molecular complexity index is 805. The van der Waals surface area contributed by atoms with E-state index in [2.05, 4.69) is 5.32 Å². The molecule has 0 heterocycles. The number of carbonyl (C=O) groups excluding carboxylic acids is 1. The molecule has 2 aromatic carbocycles. The first kappa shape index (κ1) is 19.0. The van der Waals surface area contributed by atoms with E-state index in [0.29, 0.717) is 5.75 Å². The summed E-state index contributed by atoms with van der Waals surface area (Å²) in [5, 5.41) is 2.49. The second kappa shape index (κ2) is 8.13. The van der Waals surface area contributed by atoms with Gasteiger partial charge >= 0.3 is 0 Å². The number of amides is 1. The number of nitrogens with one attached hydrogen (secondary N) is 1. The molecular formula is C18H22N2O4S. The number of benzene rings is 2. The molecule has 6 nitrogen and oxygen atoms in total. The summed E-state index contributed by atoms with van der Waals surface area (Å²) in [6.45, 7) is 1.91. The molecular weight excluding hydrogens is 340 g/mol. The molecule has 1 amide bonds. The average molecular weight is 362 g/mol. The van der Waals surface area contributed by atoms with Gasteiger partial charge in [0.2, 0.25) is 10.0 Å². The van der Waals surface area contributed by atoms with Crippen LogP contribution in [0.25, 0.3) is 0 Å². The van der Waals surface area contributed by atoms with Gasteiger partial charge in [-0.2, -0.15) is 4.31 Å². The van der Waals surface area contributed by atoms with Crippen LogP contribution in [0.2, 0.25) is 0 Å². The first-order chi connectivity index (χ1) is 11.8. The third kappa shape index (κ3) is 4.80. The fraction of sp³-hybridized carbons (Fsp3) is 0.278. The van der Waals surface area contributed by atoms with E-state index < -0.39 is 16.1 Å². The Balaban J connectivity index is 2.10. The number of rotatable bonds is 7. The van der Waals surface area contributed by atoms with Gasteiger partial charge in [0.25, 0.3) is 5.91 Å². The minimum atomic E-state index is -3.60. The number of hydrogen-bond acceptors (Lipinski definition) is 4. The van der Waals surface area contributed by atoms with E-state index in [4.69, 9.17) is 4.74 Å². The van der Waals surface area contributed by atoms with Gasteiger partial charge in [0, 0.05) is 20.6 Å². The fourth-order valence-electron chi connectivity index (χ4n) is 2.26. The van der Waals surface area contributed by atoms with Crippen molar-refractivity contribution in [3.05, 3.63) is 60.2 Å². The zero-order valence-corrected chi connectivity index (χ0v) is 15.3. The normalized spacial score (nSPS) is 12.6. The monoisotopic (exact) mass is 362 g/mol. The lowest BCUT2D eigenvalue weighted by Gasteiger charge is -2.18. The van der Waals surface area contributed by atoms with Crippen molar-refractivity contribution in [2.24, 2.45) is 0 Å². The molecule has 25 heavy (non-hydrogen) atoms. The largest absolute Gasteiger partial charge is 0.481 e. The van der Waals surface area contributed by atoms with Crippen molar-refractivity contribution in [3.63, 3.8) is 0 Å². The molecule has 0 saturated carbocycles. The van der Waals surface area contributed by atoms with Crippen LogP contribution < -0.4 is 10.1 Å². The standard InChI is InChI=1S/C18H22N2O4S/c1-14(18(21)19-2)24-16-9-11-17(12-10-16)25(22,23)20(3)13-15-7-5-4-6-8-15/h4-12,14H,13H2,1-3H3,(H,19,21)/t14-/m1/s1. The lowest BCUT2D eigenvalue weighted by Crippen LogP contribution is -2.33. The summed E-state index contributed by atoms with van der Waals surface area (Å²) >= 11 is 0. The van der Waals surface area contributed by atoms with E-state index in [1.165, 1.54) is 23.5 Å². The number of likely N-dealkylation sites (N-methyl/N-ethyl adjacent to an activating group) is 1. The highest BCUT2D eigenvalue weighted by molar-refractivity contribution is 7.89. The molecule has 0 aliphatic carbocycles. The SMILES string of the molecule is CNC(=O)[C@@H](C)Oc1ccc(S(=O)(=O)N(C)Cc2ccccc2)cc1. The van der Waals surface area contributed by atoms with E-state index in [-0.39, 0.29) is 17.3 Å². The maximum absolute atomic E-state index is 12.6. The smallest absolute Gasteiger partial charge is 0.260 e. The topological polar surface area (TPSA) is 75.7 Å². The summed E-state index contributed by atoms with van der Waals surface area (Å²) in [5.41, 5.74) is 0.910. The van der Waals surface area contributed by atoms with Crippen LogP contribution in [0.4, 0.5) is 0 Å². The summed E-state index contributed by atoms with van der Waals surface area (Å²) in [7, 11) is -0.535. The summed E-state index contributed by atoms with van der Waals surface area (Å²) < 4.78 is 32.1. The summed E-state index contributed by atoms with van der Waals surface area (Å²) in [5.74, 6) is 0.181. The molecule has 1 atom stereocenters. The molecule has 0 aliphatic rings. The van der Waals surface area contributed by atoms with Gasteiger partial charge in [-0.3, -0.25) is 4.79 Å². The first-order valence-corrected chi connectivity index (χ1v) is 9.27. The molecule has 0 fully saturated rings. The summed E-state index contributed by atoms with van der Waals surface area (Å²) in [6, 6.07) is 15.4. The third-order valence-electron chi connectivity index (χ3n) is 3.71. The average Bonchev–Trinajstić information content (AvgIpc) is 2.62. The van der Waals surface area contributed by atoms with Crippen LogP contribution in [-0.4, -0.2) is 38.8 Å². The lowest BCUT2D eigenvalue weighted by atomic mass is 10.2. The van der Waals surface area contributed by atoms with Gasteiger partial charge in [-0.25, -0.2) is 8.42 Å². The molecule has 1 N–H and O–H groups in total. The molecule has 0 aliphatic heterocycles. The Labute approximate surface area is 148 Å². The molecule has 0 radical (unpaired) electrons. The highest BCUT2D eigenvalue weighted by atomic mass is 32.2. The molecule has 0 unspecified atom stereocenters. The number of hydrogen-bond donors (Lipinski definition) is 1. The van der Waals surface area contributed by atoms with Crippen molar-refractivity contribution in [1.29, 1.82) is 0 Å². The maximum atomic E-state index is 12.6. The number of sulfonamides is 1. The van der Waals surface area contributed by atoms with Crippen molar-refractivity contribution < 1.29 is 17.9 Å². The Morgan fingerprint density at radius 3 is 2.28 bits per heavy atom. The first-order valence-electron chi connectivity index (χ1n) is 7.83. The van der Waals surface area contributed by atoms with Crippen LogP contribution in [-0.2, 0) is 21.4 Å². The van der Waals surface area contributed by atoms with E-state index >= 15 is 0 Å². The van der Waals surface area contributed by atoms with Gasteiger partial charge in [-0.1, -0.05) is 30.3 Å². The molecule has 0 spiro atoms. The lowest BCUT2D eigenvalue weighted by molar-refractivity contribution is -0.126. The van der Waals surface area contributed by atoms with Crippen LogP contribution in [0.15, 0.2) is 59.5 Å². The Morgan fingerprint density at radius 2 is 1.72 bits per heavy atom. The van der Waals surface area contributed by atoms with Gasteiger partial charge in [-0.15, -0.1) is 0 Å². The predicted octanol–water partition coefficient (Wildman–Crippen LogP) is 2.02. The van der Waals surface area contributed by atoms with E-state index in [9.17, 15) is 13.2 Å². The van der Waals surface area contributed by atoms with Crippen molar-refractivity contribution in [2.45, 2.75) is 24.5 Å². The van der Waals surface area contributed by atoms with Crippen LogP contribution in [0.5, 0.6) is 5.75 Å². The molecule has 2 aromatic rings.